The maximum absolute atomic E-state index is 9.78. The lowest BCUT2D eigenvalue weighted by Crippen LogP contribution is -2.42. The standard InChI is InChI=1S/C12H18N2O2/c1-16-14(11-7-13-8-12(11)15)9-10-5-3-2-4-6-10/h2-6,11-13,15H,7-9H2,1H3/t11-,12-/m1/s1. The molecule has 1 fully saturated rings. The van der Waals surface area contributed by atoms with Crippen LogP contribution < -0.4 is 5.32 Å². The zero-order valence-electron chi connectivity index (χ0n) is 9.47. The molecule has 4 heteroatoms. The molecule has 1 heterocycles. The van der Waals surface area contributed by atoms with Gasteiger partial charge in [-0.05, 0) is 5.56 Å². The van der Waals surface area contributed by atoms with E-state index in [1.54, 1.807) is 7.11 Å². The van der Waals surface area contributed by atoms with Crippen molar-refractivity contribution < 1.29 is 9.94 Å². The van der Waals surface area contributed by atoms with Crippen LogP contribution in [0.3, 0.4) is 0 Å². The number of aliphatic hydroxyl groups is 1. The lowest BCUT2D eigenvalue weighted by atomic mass is 10.1. The zero-order valence-corrected chi connectivity index (χ0v) is 9.47. The van der Waals surface area contributed by atoms with Crippen LogP contribution in [0.25, 0.3) is 0 Å². The second-order valence-corrected chi connectivity index (χ2v) is 4.04. The fraction of sp³-hybridized carbons (Fsp3) is 0.500. The predicted molar refractivity (Wildman–Crippen MR) is 61.7 cm³/mol. The number of rotatable bonds is 4. The molecule has 16 heavy (non-hydrogen) atoms. The third kappa shape index (κ3) is 2.59. The Hall–Kier alpha value is -0.940. The first-order chi connectivity index (χ1) is 7.81. The molecule has 0 amide bonds. The minimum atomic E-state index is -0.358. The Morgan fingerprint density at radius 3 is 2.69 bits per heavy atom. The molecule has 2 atom stereocenters. The molecule has 0 aromatic heterocycles. The number of hydroxylamine groups is 2. The van der Waals surface area contributed by atoms with Gasteiger partial charge in [-0.25, -0.2) is 0 Å². The van der Waals surface area contributed by atoms with E-state index in [0.717, 1.165) is 6.54 Å². The summed E-state index contributed by atoms with van der Waals surface area (Å²) in [7, 11) is 1.65. The summed E-state index contributed by atoms with van der Waals surface area (Å²) in [6, 6.07) is 10.2. The van der Waals surface area contributed by atoms with Crippen LogP contribution >= 0.6 is 0 Å². The highest BCUT2D eigenvalue weighted by Gasteiger charge is 2.30. The number of hydrogen-bond donors (Lipinski definition) is 2. The van der Waals surface area contributed by atoms with E-state index in [9.17, 15) is 5.11 Å². The van der Waals surface area contributed by atoms with Crippen molar-refractivity contribution in [3.05, 3.63) is 35.9 Å². The van der Waals surface area contributed by atoms with Crippen LogP contribution in [-0.2, 0) is 11.4 Å². The molecule has 1 aromatic rings. The molecule has 0 saturated carbocycles. The van der Waals surface area contributed by atoms with Gasteiger partial charge in [0.05, 0.1) is 19.3 Å². The topological polar surface area (TPSA) is 44.7 Å². The maximum Gasteiger partial charge on any atom is 0.0855 e. The van der Waals surface area contributed by atoms with Gasteiger partial charge >= 0.3 is 0 Å². The summed E-state index contributed by atoms with van der Waals surface area (Å²) in [6.07, 6.45) is -0.358. The van der Waals surface area contributed by atoms with Gasteiger partial charge in [0.2, 0.25) is 0 Å². The maximum atomic E-state index is 9.78. The van der Waals surface area contributed by atoms with Crippen LogP contribution in [-0.4, -0.2) is 42.5 Å². The smallest absolute Gasteiger partial charge is 0.0855 e. The molecule has 2 N–H and O–H groups in total. The molecule has 2 rings (SSSR count). The quantitative estimate of drug-likeness (QED) is 0.723. The first kappa shape index (κ1) is 11.5. The molecular formula is C12H18N2O2. The van der Waals surface area contributed by atoms with Crippen molar-refractivity contribution in [3.8, 4) is 0 Å². The minimum Gasteiger partial charge on any atom is -0.390 e. The number of β-amino-alcohol motifs (C(OH)–C–C–N with tert-alkyl or cyclic N) is 1. The van der Waals surface area contributed by atoms with Gasteiger partial charge in [-0.1, -0.05) is 30.3 Å². The van der Waals surface area contributed by atoms with Gasteiger partial charge in [0, 0.05) is 19.6 Å². The lowest BCUT2D eigenvalue weighted by Gasteiger charge is -2.27. The van der Waals surface area contributed by atoms with Gasteiger partial charge in [0.15, 0.2) is 0 Å². The Morgan fingerprint density at radius 2 is 2.12 bits per heavy atom. The average molecular weight is 222 g/mol. The van der Waals surface area contributed by atoms with Crippen LogP contribution in [0, 0.1) is 0 Å². The Labute approximate surface area is 95.8 Å². The molecule has 1 aromatic carbocycles. The molecule has 4 nitrogen and oxygen atoms in total. The molecule has 88 valence electrons. The summed E-state index contributed by atoms with van der Waals surface area (Å²) in [5, 5.41) is 14.8. The average Bonchev–Trinajstić information content (AvgIpc) is 2.74. The third-order valence-corrected chi connectivity index (χ3v) is 2.94. The summed E-state index contributed by atoms with van der Waals surface area (Å²) < 4.78 is 0. The molecule has 0 aliphatic carbocycles. The fourth-order valence-corrected chi connectivity index (χ4v) is 2.03. The summed E-state index contributed by atoms with van der Waals surface area (Å²) >= 11 is 0. The summed E-state index contributed by atoms with van der Waals surface area (Å²) in [5.74, 6) is 0. The number of nitrogens with zero attached hydrogens (tertiary/aromatic N) is 1. The highest BCUT2D eigenvalue weighted by molar-refractivity contribution is 5.14. The van der Waals surface area contributed by atoms with Crippen LogP contribution in [0.1, 0.15) is 5.56 Å². The summed E-state index contributed by atoms with van der Waals surface area (Å²) in [5.41, 5.74) is 1.18. The Bertz CT molecular complexity index is 318. The van der Waals surface area contributed by atoms with Crippen LogP contribution in [0.15, 0.2) is 30.3 Å². The number of hydrogen-bond acceptors (Lipinski definition) is 4. The zero-order chi connectivity index (χ0) is 11.4. The van der Waals surface area contributed by atoms with Crippen molar-refractivity contribution >= 4 is 0 Å². The van der Waals surface area contributed by atoms with Crippen molar-refractivity contribution in [2.24, 2.45) is 0 Å². The Kier molecular flexibility index (Phi) is 3.90. The number of nitrogens with one attached hydrogen (secondary N) is 1. The lowest BCUT2D eigenvalue weighted by molar-refractivity contribution is -0.181. The van der Waals surface area contributed by atoms with E-state index < -0.39 is 0 Å². The SMILES string of the molecule is CON(Cc1ccccc1)[C@@H]1CNC[C@H]1O. The van der Waals surface area contributed by atoms with E-state index >= 15 is 0 Å². The number of benzene rings is 1. The van der Waals surface area contributed by atoms with Crippen molar-refractivity contribution in [1.29, 1.82) is 0 Å². The Balaban J connectivity index is 2.00. The molecule has 1 aliphatic rings. The van der Waals surface area contributed by atoms with E-state index in [4.69, 9.17) is 4.84 Å². The van der Waals surface area contributed by atoms with E-state index in [2.05, 4.69) is 17.4 Å². The van der Waals surface area contributed by atoms with Crippen molar-refractivity contribution in [3.63, 3.8) is 0 Å². The molecular weight excluding hydrogens is 204 g/mol. The van der Waals surface area contributed by atoms with Gasteiger partial charge in [-0.15, -0.1) is 0 Å². The van der Waals surface area contributed by atoms with E-state index in [1.807, 2.05) is 23.3 Å². The van der Waals surface area contributed by atoms with Gasteiger partial charge in [0.25, 0.3) is 0 Å². The largest absolute Gasteiger partial charge is 0.390 e. The molecule has 0 spiro atoms. The second-order valence-electron chi connectivity index (χ2n) is 4.04. The monoisotopic (exact) mass is 222 g/mol. The van der Waals surface area contributed by atoms with Gasteiger partial charge in [0.1, 0.15) is 0 Å². The second kappa shape index (κ2) is 5.41. The first-order valence-corrected chi connectivity index (χ1v) is 5.54. The normalized spacial score (nSPS) is 25.2. The van der Waals surface area contributed by atoms with Crippen molar-refractivity contribution in [1.82, 2.24) is 10.4 Å². The van der Waals surface area contributed by atoms with Crippen molar-refractivity contribution in [2.45, 2.75) is 18.7 Å². The van der Waals surface area contributed by atoms with E-state index in [0.29, 0.717) is 13.1 Å². The summed E-state index contributed by atoms with van der Waals surface area (Å²) in [6.45, 7) is 2.10. The minimum absolute atomic E-state index is 0.0326. The fourth-order valence-electron chi connectivity index (χ4n) is 2.03. The molecule has 0 bridgehead atoms. The van der Waals surface area contributed by atoms with Crippen LogP contribution in [0.5, 0.6) is 0 Å². The highest BCUT2D eigenvalue weighted by atomic mass is 16.7. The van der Waals surface area contributed by atoms with Gasteiger partial charge in [-0.2, -0.15) is 5.06 Å². The van der Waals surface area contributed by atoms with Crippen LogP contribution in [0.2, 0.25) is 0 Å². The third-order valence-electron chi connectivity index (χ3n) is 2.94. The van der Waals surface area contributed by atoms with E-state index in [-0.39, 0.29) is 12.1 Å². The Morgan fingerprint density at radius 1 is 1.38 bits per heavy atom. The predicted octanol–water partition coefficient (Wildman–Crippen LogP) is 0.383. The molecule has 1 aliphatic heterocycles. The van der Waals surface area contributed by atoms with Crippen molar-refractivity contribution in [2.75, 3.05) is 20.2 Å². The molecule has 0 radical (unpaired) electrons. The van der Waals surface area contributed by atoms with E-state index in [1.165, 1.54) is 5.56 Å². The first-order valence-electron chi connectivity index (χ1n) is 5.54. The van der Waals surface area contributed by atoms with Crippen LogP contribution in [0.4, 0.5) is 0 Å². The van der Waals surface area contributed by atoms with Gasteiger partial charge < -0.3 is 15.3 Å². The van der Waals surface area contributed by atoms with Gasteiger partial charge in [-0.3, -0.25) is 0 Å². The summed E-state index contributed by atoms with van der Waals surface area (Å²) in [4.78, 5) is 5.34. The number of aliphatic hydroxyl groups excluding tert-OH is 1. The molecule has 0 unspecified atom stereocenters. The highest BCUT2D eigenvalue weighted by Crippen LogP contribution is 2.13. The molecule has 1 saturated heterocycles.